The first kappa shape index (κ1) is 17.0. The van der Waals surface area contributed by atoms with Crippen molar-refractivity contribution < 1.29 is 4.79 Å². The van der Waals surface area contributed by atoms with E-state index in [1.807, 2.05) is 48.5 Å². The molecule has 0 aliphatic rings. The highest BCUT2D eigenvalue weighted by Crippen LogP contribution is 2.27. The zero-order valence-corrected chi connectivity index (χ0v) is 16.3. The number of halogens is 2. The normalized spacial score (nSPS) is 10.8. The quantitative estimate of drug-likeness (QED) is 0.428. The van der Waals surface area contributed by atoms with Gasteiger partial charge in [0.2, 0.25) is 0 Å². The van der Waals surface area contributed by atoms with Crippen molar-refractivity contribution in [1.29, 1.82) is 0 Å². The number of carbonyl (C=O) groups excluding carboxylic acids is 1. The molecule has 26 heavy (non-hydrogen) atoms. The van der Waals surface area contributed by atoms with Crippen molar-refractivity contribution in [3.63, 3.8) is 0 Å². The van der Waals surface area contributed by atoms with E-state index in [4.69, 9.17) is 11.6 Å². The highest BCUT2D eigenvalue weighted by atomic mass is 127. The zero-order valence-electron chi connectivity index (χ0n) is 13.4. The Morgan fingerprint density at radius 3 is 2.35 bits per heavy atom. The van der Waals surface area contributed by atoms with Crippen LogP contribution in [0.1, 0.15) is 10.4 Å². The second kappa shape index (κ2) is 7.05. The lowest BCUT2D eigenvalue weighted by atomic mass is 10.2. The maximum absolute atomic E-state index is 12.5. The van der Waals surface area contributed by atoms with E-state index >= 15 is 0 Å². The van der Waals surface area contributed by atoms with Gasteiger partial charge in [-0.05, 0) is 59.0 Å². The number of nitrogens with one attached hydrogen (secondary N) is 1. The van der Waals surface area contributed by atoms with Gasteiger partial charge < -0.3 is 5.32 Å². The minimum Gasteiger partial charge on any atom is -0.321 e. The number of carbonyl (C=O) groups is 1. The summed E-state index contributed by atoms with van der Waals surface area (Å²) in [5.41, 5.74) is 3.26. The summed E-state index contributed by atoms with van der Waals surface area (Å²) in [6.07, 6.45) is 0. The zero-order chi connectivity index (χ0) is 18.1. The van der Waals surface area contributed by atoms with Gasteiger partial charge in [0, 0.05) is 3.57 Å². The van der Waals surface area contributed by atoms with Gasteiger partial charge in [0.25, 0.3) is 5.91 Å². The molecule has 0 spiro atoms. The van der Waals surface area contributed by atoms with E-state index in [1.165, 1.54) is 0 Å². The fourth-order valence-electron chi connectivity index (χ4n) is 2.55. The summed E-state index contributed by atoms with van der Waals surface area (Å²) in [4.78, 5) is 14.1. The van der Waals surface area contributed by atoms with Crippen LogP contribution in [0.2, 0.25) is 5.02 Å². The number of para-hydroxylation sites is 1. The van der Waals surface area contributed by atoms with Crippen molar-refractivity contribution in [2.45, 2.75) is 0 Å². The SMILES string of the molecule is O=C(Nc1cc2nn(-c3ccccc3)nc2cc1Cl)c1ccccc1I. The van der Waals surface area contributed by atoms with Gasteiger partial charge in [-0.2, -0.15) is 4.80 Å². The lowest BCUT2D eigenvalue weighted by Gasteiger charge is -2.08. The minimum atomic E-state index is -0.216. The minimum absolute atomic E-state index is 0.216. The predicted molar refractivity (Wildman–Crippen MR) is 111 cm³/mol. The maximum atomic E-state index is 12.5. The second-order valence-corrected chi connectivity index (χ2v) is 7.15. The first-order chi connectivity index (χ1) is 12.6. The van der Waals surface area contributed by atoms with E-state index in [0.29, 0.717) is 27.3 Å². The third-order valence-electron chi connectivity index (χ3n) is 3.82. The van der Waals surface area contributed by atoms with Crippen LogP contribution in [0.4, 0.5) is 5.69 Å². The molecule has 5 nitrogen and oxygen atoms in total. The molecule has 0 radical (unpaired) electrons. The topological polar surface area (TPSA) is 59.8 Å². The molecule has 0 saturated heterocycles. The summed E-state index contributed by atoms with van der Waals surface area (Å²) in [5.74, 6) is -0.216. The molecule has 0 aliphatic heterocycles. The molecule has 0 fully saturated rings. The fraction of sp³-hybridized carbons (Fsp3) is 0. The van der Waals surface area contributed by atoms with Crippen molar-refractivity contribution in [3.05, 3.63) is 80.9 Å². The molecular weight excluding hydrogens is 463 g/mol. The lowest BCUT2D eigenvalue weighted by Crippen LogP contribution is -2.13. The molecule has 0 saturated carbocycles. The van der Waals surface area contributed by atoms with Crippen molar-refractivity contribution in [2.75, 3.05) is 5.32 Å². The Labute approximate surface area is 168 Å². The number of nitrogens with zero attached hydrogens (tertiary/aromatic N) is 3. The molecule has 3 aromatic carbocycles. The van der Waals surface area contributed by atoms with Crippen LogP contribution in [-0.4, -0.2) is 20.9 Å². The van der Waals surface area contributed by atoms with Gasteiger partial charge in [0.15, 0.2) is 0 Å². The highest BCUT2D eigenvalue weighted by Gasteiger charge is 2.14. The third kappa shape index (κ3) is 3.30. The highest BCUT2D eigenvalue weighted by molar-refractivity contribution is 14.1. The van der Waals surface area contributed by atoms with E-state index in [2.05, 4.69) is 38.1 Å². The monoisotopic (exact) mass is 474 g/mol. The molecule has 4 rings (SSSR count). The van der Waals surface area contributed by atoms with E-state index in [9.17, 15) is 4.79 Å². The summed E-state index contributed by atoms with van der Waals surface area (Å²) >= 11 is 8.47. The van der Waals surface area contributed by atoms with Crippen LogP contribution in [0.15, 0.2) is 66.7 Å². The number of aromatic nitrogens is 3. The van der Waals surface area contributed by atoms with Crippen LogP contribution in [0, 0.1) is 3.57 Å². The van der Waals surface area contributed by atoms with E-state index in [1.54, 1.807) is 23.0 Å². The van der Waals surface area contributed by atoms with Crippen LogP contribution in [-0.2, 0) is 0 Å². The van der Waals surface area contributed by atoms with Crippen LogP contribution in [0.3, 0.4) is 0 Å². The second-order valence-electron chi connectivity index (χ2n) is 5.58. The van der Waals surface area contributed by atoms with Crippen LogP contribution in [0.25, 0.3) is 16.7 Å². The van der Waals surface area contributed by atoms with Gasteiger partial charge in [-0.1, -0.05) is 41.9 Å². The summed E-state index contributed by atoms with van der Waals surface area (Å²) in [6.45, 7) is 0. The molecule has 7 heteroatoms. The Morgan fingerprint density at radius 2 is 1.62 bits per heavy atom. The average molecular weight is 475 g/mol. The van der Waals surface area contributed by atoms with Gasteiger partial charge in [-0.25, -0.2) is 0 Å². The van der Waals surface area contributed by atoms with Crippen LogP contribution < -0.4 is 5.32 Å². The number of rotatable bonds is 3. The number of hydrogen-bond donors (Lipinski definition) is 1. The standard InChI is InChI=1S/C19H12ClIN4O/c20-14-10-17-18(24-25(23-17)12-6-2-1-3-7-12)11-16(14)22-19(26)13-8-4-5-9-15(13)21/h1-11H,(H,22,26). The first-order valence-electron chi connectivity index (χ1n) is 7.80. The molecule has 1 N–H and O–H groups in total. The number of hydrogen-bond acceptors (Lipinski definition) is 3. The summed E-state index contributed by atoms with van der Waals surface area (Å²) in [7, 11) is 0. The Bertz CT molecular complexity index is 1110. The van der Waals surface area contributed by atoms with Crippen LogP contribution >= 0.6 is 34.2 Å². The van der Waals surface area contributed by atoms with Gasteiger partial charge >= 0.3 is 0 Å². The largest absolute Gasteiger partial charge is 0.321 e. The van der Waals surface area contributed by atoms with E-state index in [0.717, 1.165) is 9.26 Å². The van der Waals surface area contributed by atoms with E-state index in [-0.39, 0.29) is 5.91 Å². The Kier molecular flexibility index (Phi) is 4.60. The van der Waals surface area contributed by atoms with Crippen molar-refractivity contribution in [3.8, 4) is 5.69 Å². The fourth-order valence-corrected chi connectivity index (χ4v) is 3.38. The number of fused-ring (bicyclic) bond motifs is 1. The van der Waals surface area contributed by atoms with Gasteiger partial charge in [0.1, 0.15) is 11.0 Å². The number of amides is 1. The Hall–Kier alpha value is -2.45. The first-order valence-corrected chi connectivity index (χ1v) is 9.25. The van der Waals surface area contributed by atoms with Crippen molar-refractivity contribution in [2.24, 2.45) is 0 Å². The molecule has 0 aliphatic carbocycles. The van der Waals surface area contributed by atoms with Crippen molar-refractivity contribution in [1.82, 2.24) is 15.0 Å². The van der Waals surface area contributed by atoms with Gasteiger partial charge in [-0.15, -0.1) is 10.2 Å². The molecule has 0 atom stereocenters. The Morgan fingerprint density at radius 1 is 0.962 bits per heavy atom. The van der Waals surface area contributed by atoms with E-state index < -0.39 is 0 Å². The lowest BCUT2D eigenvalue weighted by molar-refractivity contribution is 0.102. The summed E-state index contributed by atoms with van der Waals surface area (Å²) in [5, 5.41) is 12.2. The third-order valence-corrected chi connectivity index (χ3v) is 5.08. The van der Waals surface area contributed by atoms with Crippen LogP contribution in [0.5, 0.6) is 0 Å². The molecule has 1 amide bonds. The molecule has 1 heterocycles. The Balaban J connectivity index is 1.69. The molecule has 1 aromatic heterocycles. The molecule has 0 unspecified atom stereocenters. The smallest absolute Gasteiger partial charge is 0.256 e. The maximum Gasteiger partial charge on any atom is 0.256 e. The average Bonchev–Trinajstić information content (AvgIpc) is 3.06. The molecule has 0 bridgehead atoms. The molecule has 128 valence electrons. The summed E-state index contributed by atoms with van der Waals surface area (Å²) < 4.78 is 0.870. The number of anilines is 1. The van der Waals surface area contributed by atoms with Crippen molar-refractivity contribution >= 4 is 56.8 Å². The number of benzene rings is 3. The summed E-state index contributed by atoms with van der Waals surface area (Å²) in [6, 6.07) is 20.4. The molecular formula is C19H12ClIN4O. The van der Waals surface area contributed by atoms with Gasteiger partial charge in [0.05, 0.1) is 22.0 Å². The molecule has 4 aromatic rings. The van der Waals surface area contributed by atoms with Gasteiger partial charge in [-0.3, -0.25) is 4.79 Å². The predicted octanol–water partition coefficient (Wildman–Crippen LogP) is 4.93.